The molecule has 7 N–H and O–H groups in total. The first-order valence-corrected chi connectivity index (χ1v) is 19.0. The highest BCUT2D eigenvalue weighted by Gasteiger charge is 2.76. The van der Waals surface area contributed by atoms with E-state index in [4.69, 9.17) is 25.1 Å². The van der Waals surface area contributed by atoms with Gasteiger partial charge in [-0.05, 0) is 68.2 Å². The van der Waals surface area contributed by atoms with Gasteiger partial charge >= 0.3 is 5.97 Å². The molecule has 2 bridgehead atoms. The van der Waals surface area contributed by atoms with Crippen LogP contribution in [0.15, 0.2) is 48.1 Å². The van der Waals surface area contributed by atoms with Gasteiger partial charge in [0, 0.05) is 48.0 Å². The van der Waals surface area contributed by atoms with Crippen LogP contribution in [0.3, 0.4) is 0 Å². The van der Waals surface area contributed by atoms with E-state index in [1.165, 1.54) is 0 Å². The summed E-state index contributed by atoms with van der Waals surface area (Å²) in [6, 6.07) is 6.27. The second-order valence-corrected chi connectivity index (χ2v) is 17.2. The minimum Gasteiger partial charge on any atom is -0.487 e. The van der Waals surface area contributed by atoms with Gasteiger partial charge in [-0.1, -0.05) is 37.6 Å². The Morgan fingerprint density at radius 1 is 1.11 bits per heavy atom. The molecule has 1 aromatic rings. The SMILES string of the molecule is C[C@]12C=CC(=O)C=C1CC[C@@H]1[C@@H]2[C@@H](O)C[C@@]2(C)[C@H]1C[C@H]1O[C@@H](c3ccc(OC45CC(NC(=O)[C@H](CCC(=O)O)NC(=O)CN)(C4)C5)cc3)O[C@]12C(=O)CO. The number of ketones is 2. The molecule has 0 aromatic heterocycles. The van der Waals surface area contributed by atoms with E-state index in [2.05, 4.69) is 17.6 Å². The Bertz CT molecular complexity index is 1820. The molecule has 0 spiro atoms. The van der Waals surface area contributed by atoms with Crippen molar-refractivity contribution in [3.63, 3.8) is 0 Å². The lowest BCUT2D eigenvalue weighted by Crippen LogP contribution is -2.81. The molecule has 7 aliphatic carbocycles. The second kappa shape index (κ2) is 12.8. The first kappa shape index (κ1) is 37.0. The standard InChI is InChI=1S/C40H49N3O11/c1-36-12-11-23(45)13-22(36)5-8-25-26-14-30-40(29(47)17-44,37(26,2)15-28(46)33(25)36)54-35(52-30)21-3-6-24(7-4-21)53-39-18-38(19-39,20-39)43-34(51)27(9-10-32(49)50)42-31(48)16-41/h3-4,6-7,11-13,25-28,30,33,35,44,46H,5,8-10,14-20,41H2,1-2H3,(H,42,48)(H,43,51)(H,49,50)/t25-,26-,27-,28-,30+,33+,35+,36-,37-,38?,39?,40+/m0/s1. The monoisotopic (exact) mass is 747 g/mol. The summed E-state index contributed by atoms with van der Waals surface area (Å²) in [5.41, 5.74) is 3.46. The van der Waals surface area contributed by atoms with Gasteiger partial charge in [0.2, 0.25) is 11.8 Å². The third-order valence-electron chi connectivity index (χ3n) is 14.1. The third-order valence-corrected chi connectivity index (χ3v) is 14.1. The number of carbonyl (C=O) groups excluding carboxylic acids is 4. The summed E-state index contributed by atoms with van der Waals surface area (Å²) >= 11 is 0. The molecule has 1 aromatic carbocycles. The molecular formula is C40H49N3O11. The summed E-state index contributed by atoms with van der Waals surface area (Å²) in [4.78, 5) is 62.0. The van der Waals surface area contributed by atoms with Crippen molar-refractivity contribution in [1.29, 1.82) is 0 Å². The van der Waals surface area contributed by atoms with E-state index >= 15 is 0 Å². The highest BCUT2D eigenvalue weighted by atomic mass is 16.7. The quantitative estimate of drug-likeness (QED) is 0.180. The van der Waals surface area contributed by atoms with Crippen LogP contribution in [0.25, 0.3) is 0 Å². The number of allylic oxidation sites excluding steroid dienone is 4. The zero-order valence-corrected chi connectivity index (χ0v) is 30.5. The number of nitrogens with two attached hydrogens (primary N) is 1. The van der Waals surface area contributed by atoms with Crippen molar-refractivity contribution in [1.82, 2.24) is 10.6 Å². The Morgan fingerprint density at radius 2 is 1.83 bits per heavy atom. The molecule has 7 fully saturated rings. The number of amides is 2. The summed E-state index contributed by atoms with van der Waals surface area (Å²) in [6.07, 6.45) is 6.72. The minimum absolute atomic E-state index is 0.00559. The number of hydrogen-bond acceptors (Lipinski definition) is 11. The van der Waals surface area contributed by atoms with E-state index < -0.39 is 82.3 Å². The van der Waals surface area contributed by atoms with Crippen LogP contribution < -0.4 is 21.1 Å². The van der Waals surface area contributed by atoms with Gasteiger partial charge in [0.25, 0.3) is 0 Å². The third kappa shape index (κ3) is 5.50. The molecule has 0 radical (unpaired) electrons. The Kier molecular flexibility index (Phi) is 8.77. The van der Waals surface area contributed by atoms with Crippen LogP contribution in [0.2, 0.25) is 0 Å². The number of ether oxygens (including phenoxy) is 3. The van der Waals surface area contributed by atoms with Gasteiger partial charge in [-0.15, -0.1) is 0 Å². The molecule has 9 rings (SSSR count). The van der Waals surface area contributed by atoms with E-state index in [1.54, 1.807) is 12.2 Å². The van der Waals surface area contributed by atoms with Crippen LogP contribution in [-0.4, -0.2) is 92.8 Å². The van der Waals surface area contributed by atoms with Gasteiger partial charge in [0.15, 0.2) is 23.5 Å². The average molecular weight is 748 g/mol. The van der Waals surface area contributed by atoms with E-state index in [1.807, 2.05) is 37.3 Å². The van der Waals surface area contributed by atoms with Crippen LogP contribution in [0.4, 0.5) is 0 Å². The lowest BCUT2D eigenvalue weighted by molar-refractivity contribution is -0.204. The number of nitrogens with one attached hydrogen (secondary N) is 2. The molecule has 290 valence electrons. The predicted octanol–water partition coefficient (Wildman–Crippen LogP) is 1.77. The van der Waals surface area contributed by atoms with Crippen LogP contribution >= 0.6 is 0 Å². The zero-order chi connectivity index (χ0) is 38.4. The lowest BCUT2D eigenvalue weighted by atomic mass is 9.46. The number of carboxylic acid groups (broad SMARTS) is 1. The number of carboxylic acids is 1. The number of hydrogen-bond donors (Lipinski definition) is 6. The molecule has 1 heterocycles. The van der Waals surface area contributed by atoms with E-state index in [0.717, 1.165) is 18.4 Å². The highest BCUT2D eigenvalue weighted by Crippen LogP contribution is 2.70. The number of aliphatic hydroxyl groups is 2. The maximum atomic E-state index is 13.9. The number of carbonyl (C=O) groups is 5. The molecular weight excluding hydrogens is 698 g/mol. The van der Waals surface area contributed by atoms with Crippen LogP contribution in [0.1, 0.15) is 83.5 Å². The van der Waals surface area contributed by atoms with Gasteiger partial charge in [-0.3, -0.25) is 24.0 Å². The van der Waals surface area contributed by atoms with Gasteiger partial charge in [-0.25, -0.2) is 0 Å². The first-order valence-electron chi connectivity index (χ1n) is 19.0. The van der Waals surface area contributed by atoms with Crippen molar-refractivity contribution in [2.24, 2.45) is 34.3 Å². The first-order chi connectivity index (χ1) is 25.6. The molecule has 0 unspecified atom stereocenters. The zero-order valence-electron chi connectivity index (χ0n) is 30.5. The fraction of sp³-hybridized carbons (Fsp3) is 0.625. The topological polar surface area (TPSA) is 224 Å². The summed E-state index contributed by atoms with van der Waals surface area (Å²) in [6.45, 7) is 3.08. The Morgan fingerprint density at radius 3 is 2.50 bits per heavy atom. The molecule has 14 heteroatoms. The van der Waals surface area contributed by atoms with E-state index in [0.29, 0.717) is 43.4 Å². The number of Topliss-reactive ketones (excluding diaryl/α,β-unsaturated/α-hetero) is 1. The molecule has 14 nitrogen and oxygen atoms in total. The highest BCUT2D eigenvalue weighted by molar-refractivity contribution is 6.01. The Balaban J connectivity index is 0.928. The van der Waals surface area contributed by atoms with Gasteiger partial charge in [-0.2, -0.15) is 0 Å². The fourth-order valence-corrected chi connectivity index (χ4v) is 11.9. The number of aliphatic hydroxyl groups excluding tert-OH is 2. The molecule has 54 heavy (non-hydrogen) atoms. The van der Waals surface area contributed by atoms with Gasteiger partial charge in [0.1, 0.15) is 24.0 Å². The largest absolute Gasteiger partial charge is 0.487 e. The minimum atomic E-state index is -1.45. The van der Waals surface area contributed by atoms with Crippen molar-refractivity contribution >= 4 is 29.4 Å². The van der Waals surface area contributed by atoms with Crippen molar-refractivity contribution in [3.8, 4) is 5.75 Å². The lowest BCUT2D eigenvalue weighted by Gasteiger charge is -2.69. The van der Waals surface area contributed by atoms with Gasteiger partial charge in [0.05, 0.1) is 24.3 Å². The van der Waals surface area contributed by atoms with E-state index in [9.17, 15) is 34.2 Å². The number of rotatable bonds is 12. The Labute approximate surface area is 312 Å². The van der Waals surface area contributed by atoms with Crippen molar-refractivity contribution in [3.05, 3.63) is 53.6 Å². The molecule has 2 amide bonds. The van der Waals surface area contributed by atoms with Gasteiger partial charge < -0.3 is 45.9 Å². The van der Waals surface area contributed by atoms with Crippen LogP contribution in [0.5, 0.6) is 5.75 Å². The predicted molar refractivity (Wildman–Crippen MR) is 189 cm³/mol. The summed E-state index contributed by atoms with van der Waals surface area (Å²) in [5.74, 6) is -1.99. The van der Waals surface area contributed by atoms with Crippen molar-refractivity contribution in [2.75, 3.05) is 13.2 Å². The van der Waals surface area contributed by atoms with Crippen molar-refractivity contribution in [2.45, 2.75) is 113 Å². The number of aliphatic carboxylic acids is 1. The molecule has 8 aliphatic rings. The molecule has 1 aliphatic heterocycles. The van der Waals surface area contributed by atoms with Crippen molar-refractivity contribution < 1.29 is 53.5 Å². The summed E-state index contributed by atoms with van der Waals surface area (Å²) < 4.78 is 19.6. The van der Waals surface area contributed by atoms with Crippen LogP contribution in [-0.2, 0) is 33.4 Å². The summed E-state index contributed by atoms with van der Waals surface area (Å²) in [5, 5.41) is 36.7. The average Bonchev–Trinajstić information content (AvgIpc) is 3.61. The smallest absolute Gasteiger partial charge is 0.303 e. The summed E-state index contributed by atoms with van der Waals surface area (Å²) in [7, 11) is 0. The van der Waals surface area contributed by atoms with E-state index in [-0.39, 0.29) is 42.9 Å². The molecule has 10 atom stereocenters. The molecule has 1 saturated heterocycles. The number of fused-ring (bicyclic) bond motifs is 7. The fourth-order valence-electron chi connectivity index (χ4n) is 11.9. The molecule has 6 saturated carbocycles. The van der Waals surface area contributed by atoms with Crippen LogP contribution in [0, 0.1) is 28.6 Å². The maximum Gasteiger partial charge on any atom is 0.303 e. The maximum absolute atomic E-state index is 13.9. The number of benzene rings is 1. The Hall–Kier alpha value is -3.95. The normalized spacial score (nSPS) is 41.4. The second-order valence-electron chi connectivity index (χ2n) is 17.2.